The lowest BCUT2D eigenvalue weighted by Crippen LogP contribution is -2.14. The Morgan fingerprint density at radius 2 is 2.40 bits per heavy atom. The molecule has 82 valence electrons. The number of thiophene rings is 1. The van der Waals surface area contributed by atoms with E-state index >= 15 is 0 Å². The van der Waals surface area contributed by atoms with Crippen LogP contribution in [0.4, 0.5) is 0 Å². The summed E-state index contributed by atoms with van der Waals surface area (Å²) in [4.78, 5) is 13.0. The molecule has 0 aliphatic carbocycles. The molecule has 0 radical (unpaired) electrons. The zero-order valence-electron chi connectivity index (χ0n) is 8.54. The fourth-order valence-corrected chi connectivity index (χ4v) is 2.15. The predicted octanol–water partition coefficient (Wildman–Crippen LogP) is 2.57. The summed E-state index contributed by atoms with van der Waals surface area (Å²) in [6, 6.07) is 1.77. The Morgan fingerprint density at radius 1 is 1.73 bits per heavy atom. The van der Waals surface area contributed by atoms with E-state index in [2.05, 4.69) is 0 Å². The monoisotopic (exact) mass is 245 g/mol. The lowest BCUT2D eigenvalue weighted by atomic mass is 10.3. The molecule has 0 unspecified atom stereocenters. The summed E-state index contributed by atoms with van der Waals surface area (Å²) < 4.78 is 4.75. The van der Waals surface area contributed by atoms with Crippen LogP contribution in [0.3, 0.4) is 0 Å². The summed E-state index contributed by atoms with van der Waals surface area (Å²) in [6.45, 7) is 3.96. The quantitative estimate of drug-likeness (QED) is 0.658. The molecule has 0 fully saturated rings. The topological polar surface area (TPSA) is 52.3 Å². The highest BCUT2D eigenvalue weighted by atomic mass is 35.5. The van der Waals surface area contributed by atoms with E-state index in [4.69, 9.17) is 22.1 Å². The van der Waals surface area contributed by atoms with Crippen molar-refractivity contribution in [1.82, 2.24) is 0 Å². The van der Waals surface area contributed by atoms with E-state index in [9.17, 15) is 4.79 Å². The molecule has 0 aliphatic rings. The smallest absolute Gasteiger partial charge is 0.354 e. The first-order valence-corrected chi connectivity index (χ1v) is 5.64. The summed E-state index contributed by atoms with van der Waals surface area (Å²) in [5.74, 6) is -0.500. The van der Waals surface area contributed by atoms with E-state index in [1.807, 2.05) is 6.92 Å². The number of nitrogens with two attached hydrogens (primary N) is 1. The zero-order valence-corrected chi connectivity index (χ0v) is 10.1. The minimum Gasteiger partial charge on any atom is -0.461 e. The number of carbonyl (C=O) groups excluding carboxylic acids is 1. The molecule has 0 saturated heterocycles. The molecule has 15 heavy (non-hydrogen) atoms. The highest BCUT2D eigenvalue weighted by Crippen LogP contribution is 2.27. The summed E-state index contributed by atoms with van der Waals surface area (Å²) in [7, 11) is 0. The van der Waals surface area contributed by atoms with Crippen LogP contribution in [0.15, 0.2) is 11.8 Å². The standard InChI is InChI=1S/C10H12ClNO2S/c1-3-14-10(13)9(12)5-7-4-8(11)6(2)15-7/h4-5H,3,12H2,1-2H3/b9-5-. The van der Waals surface area contributed by atoms with Crippen molar-refractivity contribution < 1.29 is 9.53 Å². The first-order chi connectivity index (χ1) is 7.04. The van der Waals surface area contributed by atoms with Gasteiger partial charge in [-0.25, -0.2) is 4.79 Å². The van der Waals surface area contributed by atoms with E-state index in [1.54, 1.807) is 19.1 Å². The molecule has 0 atom stereocenters. The van der Waals surface area contributed by atoms with Gasteiger partial charge >= 0.3 is 5.97 Å². The van der Waals surface area contributed by atoms with Crippen LogP contribution in [0, 0.1) is 6.92 Å². The van der Waals surface area contributed by atoms with E-state index in [0.29, 0.717) is 11.6 Å². The molecule has 0 bridgehead atoms. The van der Waals surface area contributed by atoms with Crippen LogP contribution in [0.1, 0.15) is 16.7 Å². The maximum Gasteiger partial charge on any atom is 0.354 e. The highest BCUT2D eigenvalue weighted by molar-refractivity contribution is 7.13. The second-order valence-electron chi connectivity index (χ2n) is 2.87. The average Bonchev–Trinajstić information content (AvgIpc) is 2.46. The molecule has 0 amide bonds. The average molecular weight is 246 g/mol. The van der Waals surface area contributed by atoms with Crippen LogP contribution in [-0.2, 0) is 9.53 Å². The number of hydrogen-bond acceptors (Lipinski definition) is 4. The molecule has 1 rings (SSSR count). The number of carbonyl (C=O) groups is 1. The SMILES string of the molecule is CCOC(=O)/C(N)=C/c1cc(Cl)c(C)s1. The van der Waals surface area contributed by atoms with Crippen LogP contribution in [0.25, 0.3) is 6.08 Å². The van der Waals surface area contributed by atoms with Crippen LogP contribution >= 0.6 is 22.9 Å². The number of esters is 1. The first kappa shape index (κ1) is 12.1. The fourth-order valence-electron chi connectivity index (χ4n) is 0.979. The number of hydrogen-bond donors (Lipinski definition) is 1. The third-order valence-corrected chi connectivity index (χ3v) is 3.19. The van der Waals surface area contributed by atoms with Gasteiger partial charge in [0, 0.05) is 9.75 Å². The Morgan fingerprint density at radius 3 is 2.87 bits per heavy atom. The minimum absolute atomic E-state index is 0.0924. The van der Waals surface area contributed by atoms with Gasteiger partial charge in [-0.15, -0.1) is 11.3 Å². The van der Waals surface area contributed by atoms with Gasteiger partial charge in [0.2, 0.25) is 0 Å². The van der Waals surface area contributed by atoms with Crippen molar-refractivity contribution in [2.45, 2.75) is 13.8 Å². The molecule has 1 aromatic heterocycles. The van der Waals surface area contributed by atoms with Gasteiger partial charge < -0.3 is 10.5 Å². The number of rotatable bonds is 3. The second-order valence-corrected chi connectivity index (χ2v) is 4.57. The van der Waals surface area contributed by atoms with E-state index in [0.717, 1.165) is 9.75 Å². The highest BCUT2D eigenvalue weighted by Gasteiger charge is 2.07. The molecular formula is C10H12ClNO2S. The third kappa shape index (κ3) is 3.25. The molecule has 3 nitrogen and oxygen atoms in total. The van der Waals surface area contributed by atoms with Crippen LogP contribution in [0.2, 0.25) is 5.02 Å². The Labute approximate surface area is 97.5 Å². The number of aryl methyl sites for hydroxylation is 1. The van der Waals surface area contributed by atoms with Gasteiger partial charge in [-0.3, -0.25) is 0 Å². The molecule has 0 saturated carbocycles. The van der Waals surface area contributed by atoms with Crippen LogP contribution < -0.4 is 5.73 Å². The molecule has 2 N–H and O–H groups in total. The van der Waals surface area contributed by atoms with Gasteiger partial charge in [-0.2, -0.15) is 0 Å². The summed E-state index contributed by atoms with van der Waals surface area (Å²) in [5.41, 5.74) is 5.64. The molecule has 5 heteroatoms. The van der Waals surface area contributed by atoms with Gasteiger partial charge in [0.05, 0.1) is 11.6 Å². The maximum absolute atomic E-state index is 11.2. The second kappa shape index (κ2) is 5.19. The normalized spacial score (nSPS) is 11.5. The first-order valence-electron chi connectivity index (χ1n) is 4.44. The largest absolute Gasteiger partial charge is 0.461 e. The molecule has 0 aliphatic heterocycles. The summed E-state index contributed by atoms with van der Waals surface area (Å²) in [5, 5.41) is 0.683. The fraction of sp³-hybridized carbons (Fsp3) is 0.300. The van der Waals surface area contributed by atoms with Gasteiger partial charge in [-0.05, 0) is 26.0 Å². The minimum atomic E-state index is -0.500. The predicted molar refractivity (Wildman–Crippen MR) is 62.9 cm³/mol. The van der Waals surface area contributed by atoms with Gasteiger partial charge in [0.1, 0.15) is 5.70 Å². The molecule has 1 heterocycles. The molecule has 0 aromatic carbocycles. The van der Waals surface area contributed by atoms with Crippen LogP contribution in [-0.4, -0.2) is 12.6 Å². The van der Waals surface area contributed by atoms with E-state index in [1.165, 1.54) is 11.3 Å². The maximum atomic E-state index is 11.2. The van der Waals surface area contributed by atoms with E-state index < -0.39 is 5.97 Å². The molecule has 1 aromatic rings. The van der Waals surface area contributed by atoms with Crippen molar-refractivity contribution in [3.63, 3.8) is 0 Å². The van der Waals surface area contributed by atoms with Crippen molar-refractivity contribution in [3.8, 4) is 0 Å². The zero-order chi connectivity index (χ0) is 11.4. The van der Waals surface area contributed by atoms with Crippen molar-refractivity contribution in [2.75, 3.05) is 6.61 Å². The van der Waals surface area contributed by atoms with E-state index in [-0.39, 0.29) is 5.70 Å². The third-order valence-electron chi connectivity index (χ3n) is 1.69. The Bertz CT molecular complexity index is 379. The van der Waals surface area contributed by atoms with Gasteiger partial charge in [0.25, 0.3) is 0 Å². The van der Waals surface area contributed by atoms with Crippen LogP contribution in [0.5, 0.6) is 0 Å². The molecule has 0 spiro atoms. The van der Waals surface area contributed by atoms with Crippen molar-refractivity contribution in [1.29, 1.82) is 0 Å². The lowest BCUT2D eigenvalue weighted by molar-refractivity contribution is -0.138. The van der Waals surface area contributed by atoms with Gasteiger partial charge in [-0.1, -0.05) is 11.6 Å². The van der Waals surface area contributed by atoms with Crippen molar-refractivity contribution in [2.24, 2.45) is 5.73 Å². The Balaban J connectivity index is 2.82. The Hall–Kier alpha value is -1.000. The summed E-state index contributed by atoms with van der Waals surface area (Å²) in [6.07, 6.45) is 1.57. The lowest BCUT2D eigenvalue weighted by Gasteiger charge is -1.99. The number of ether oxygens (including phenoxy) is 1. The van der Waals surface area contributed by atoms with Gasteiger partial charge in [0.15, 0.2) is 0 Å². The number of halogens is 1. The Kier molecular flexibility index (Phi) is 4.17. The van der Waals surface area contributed by atoms with Crippen molar-refractivity contribution in [3.05, 3.63) is 26.5 Å². The molecular weight excluding hydrogens is 234 g/mol. The summed E-state index contributed by atoms with van der Waals surface area (Å²) >= 11 is 7.36. The van der Waals surface area contributed by atoms with Crippen molar-refractivity contribution >= 4 is 35.0 Å².